The van der Waals surface area contributed by atoms with E-state index in [4.69, 9.17) is 16.7 Å². The molecule has 11 heavy (non-hydrogen) atoms. The van der Waals surface area contributed by atoms with Gasteiger partial charge in [-0.1, -0.05) is 40.2 Å². The van der Waals surface area contributed by atoms with Crippen LogP contribution in [-0.2, 0) is 0 Å². The van der Waals surface area contributed by atoms with Crippen molar-refractivity contribution in [1.29, 1.82) is 0 Å². The van der Waals surface area contributed by atoms with Crippen LogP contribution >= 0.6 is 27.5 Å². The molecule has 0 spiro atoms. The van der Waals surface area contributed by atoms with E-state index < -0.39 is 3.78 Å². The summed E-state index contributed by atoms with van der Waals surface area (Å²) in [6.07, 6.45) is 8.42. The second-order valence-corrected chi connectivity index (χ2v) is 4.93. The highest BCUT2D eigenvalue weighted by atomic mass is 79.9. The molecule has 1 nitrogen and oxygen atoms in total. The first kappa shape index (κ1) is 9.30. The molecule has 1 aliphatic carbocycles. The molecule has 0 aliphatic heterocycles. The fourth-order valence-electron chi connectivity index (χ4n) is 1.06. The first-order valence-electron chi connectivity index (χ1n) is 3.51. The summed E-state index contributed by atoms with van der Waals surface area (Å²) in [5, 5.41) is 8.71. The van der Waals surface area contributed by atoms with Crippen molar-refractivity contribution in [3.63, 3.8) is 0 Å². The minimum Gasteiger partial charge on any atom is -0.396 e. The molecule has 3 heteroatoms. The van der Waals surface area contributed by atoms with Crippen molar-refractivity contribution in [1.82, 2.24) is 0 Å². The van der Waals surface area contributed by atoms with Crippen molar-refractivity contribution in [2.24, 2.45) is 5.92 Å². The Morgan fingerprint density at radius 1 is 1.55 bits per heavy atom. The van der Waals surface area contributed by atoms with Gasteiger partial charge in [0.05, 0.1) is 0 Å². The molecule has 0 fully saturated rings. The molecule has 0 aromatic carbocycles. The Labute approximate surface area is 79.9 Å². The maximum absolute atomic E-state index is 8.71. The van der Waals surface area contributed by atoms with Crippen LogP contribution in [0.2, 0.25) is 0 Å². The average Bonchev–Trinajstić information content (AvgIpc) is 1.94. The lowest BCUT2D eigenvalue weighted by atomic mass is 9.97. The van der Waals surface area contributed by atoms with E-state index in [-0.39, 0.29) is 12.5 Å². The molecular formula is C8H10BrClO. The second-order valence-electron chi connectivity index (χ2n) is 2.54. The van der Waals surface area contributed by atoms with Crippen LogP contribution in [0, 0.1) is 5.92 Å². The van der Waals surface area contributed by atoms with Gasteiger partial charge in [0.25, 0.3) is 0 Å². The molecule has 0 saturated carbocycles. The Hall–Kier alpha value is 0.210. The summed E-state index contributed by atoms with van der Waals surface area (Å²) in [6.45, 7) is 0.170. The molecule has 0 heterocycles. The topological polar surface area (TPSA) is 20.2 Å². The lowest BCUT2D eigenvalue weighted by Crippen LogP contribution is -2.23. The number of aliphatic hydroxyl groups is 1. The van der Waals surface area contributed by atoms with E-state index in [9.17, 15) is 0 Å². The van der Waals surface area contributed by atoms with E-state index in [2.05, 4.69) is 15.9 Å². The van der Waals surface area contributed by atoms with Gasteiger partial charge >= 0.3 is 0 Å². The van der Waals surface area contributed by atoms with E-state index in [0.717, 1.165) is 0 Å². The molecule has 0 amide bonds. The lowest BCUT2D eigenvalue weighted by Gasteiger charge is -2.26. The predicted octanol–water partition coefficient (Wildman–Crippen LogP) is 2.44. The Morgan fingerprint density at radius 3 is 2.82 bits per heavy atom. The molecule has 0 radical (unpaired) electrons. The number of hydrogen-bond donors (Lipinski definition) is 1. The summed E-state index contributed by atoms with van der Waals surface area (Å²) in [5.74, 6) is 0.180. The summed E-state index contributed by atoms with van der Waals surface area (Å²) in [5.41, 5.74) is 0. The summed E-state index contributed by atoms with van der Waals surface area (Å²) in [7, 11) is 0. The highest BCUT2D eigenvalue weighted by Crippen LogP contribution is 2.38. The maximum Gasteiger partial charge on any atom is 0.124 e. The smallest absolute Gasteiger partial charge is 0.124 e. The zero-order valence-corrected chi connectivity index (χ0v) is 8.35. The van der Waals surface area contributed by atoms with Crippen molar-refractivity contribution >= 4 is 27.5 Å². The highest BCUT2D eigenvalue weighted by Gasteiger charge is 2.30. The number of hydrogen-bond acceptors (Lipinski definition) is 1. The summed E-state index contributed by atoms with van der Waals surface area (Å²) in [4.78, 5) is 0. The molecule has 0 saturated heterocycles. The Kier molecular flexibility index (Phi) is 3.16. The van der Waals surface area contributed by atoms with Crippen LogP contribution in [0.25, 0.3) is 0 Å². The molecule has 2 atom stereocenters. The van der Waals surface area contributed by atoms with Crippen LogP contribution in [0.4, 0.5) is 0 Å². The second kappa shape index (κ2) is 3.74. The average molecular weight is 238 g/mol. The van der Waals surface area contributed by atoms with Crippen LogP contribution in [0.1, 0.15) is 6.42 Å². The summed E-state index contributed by atoms with van der Waals surface area (Å²) >= 11 is 9.46. The highest BCUT2D eigenvalue weighted by molar-refractivity contribution is 9.10. The van der Waals surface area contributed by atoms with E-state index >= 15 is 0 Å². The van der Waals surface area contributed by atoms with Crippen molar-refractivity contribution in [3.05, 3.63) is 24.3 Å². The first-order valence-corrected chi connectivity index (χ1v) is 4.68. The third kappa shape index (κ3) is 2.32. The molecule has 0 aromatic heterocycles. The summed E-state index contributed by atoms with van der Waals surface area (Å²) in [6, 6.07) is 0. The molecule has 1 rings (SSSR count). The van der Waals surface area contributed by atoms with Crippen LogP contribution in [0.5, 0.6) is 0 Å². The fraction of sp³-hybridized carbons (Fsp3) is 0.500. The Balaban J connectivity index is 2.64. The molecule has 1 aliphatic rings. The normalized spacial score (nSPS) is 36.1. The fourth-order valence-corrected chi connectivity index (χ4v) is 1.85. The third-order valence-electron chi connectivity index (χ3n) is 1.71. The lowest BCUT2D eigenvalue weighted by molar-refractivity contribution is 0.269. The number of rotatable bonds is 2. The minimum atomic E-state index is -0.496. The third-order valence-corrected chi connectivity index (χ3v) is 2.97. The number of alkyl halides is 2. The van der Waals surface area contributed by atoms with Gasteiger partial charge in [-0.25, -0.2) is 0 Å². The molecule has 1 N–H and O–H groups in total. The van der Waals surface area contributed by atoms with Crippen molar-refractivity contribution in [2.75, 3.05) is 6.61 Å². The van der Waals surface area contributed by atoms with Gasteiger partial charge in [0, 0.05) is 12.5 Å². The maximum atomic E-state index is 8.71. The number of aliphatic hydroxyl groups excluding tert-OH is 1. The molecule has 0 aromatic rings. The van der Waals surface area contributed by atoms with Crippen molar-refractivity contribution in [2.45, 2.75) is 10.2 Å². The molecule has 2 unspecified atom stereocenters. The standard InChI is InChI=1S/C8H10BrClO/c9-8(10)5-2-1-3-7(8)4-6-11/h1-3,5,7,11H,4,6H2. The van der Waals surface area contributed by atoms with Gasteiger partial charge in [-0.05, 0) is 6.42 Å². The van der Waals surface area contributed by atoms with Gasteiger partial charge in [0.2, 0.25) is 0 Å². The van der Waals surface area contributed by atoms with Crippen LogP contribution in [0.15, 0.2) is 24.3 Å². The molecular weight excluding hydrogens is 227 g/mol. The predicted molar refractivity (Wildman–Crippen MR) is 51.0 cm³/mol. The monoisotopic (exact) mass is 236 g/mol. The van der Waals surface area contributed by atoms with Crippen molar-refractivity contribution < 1.29 is 5.11 Å². The van der Waals surface area contributed by atoms with Gasteiger partial charge in [-0.2, -0.15) is 0 Å². The largest absolute Gasteiger partial charge is 0.396 e. The Morgan fingerprint density at radius 2 is 2.27 bits per heavy atom. The van der Waals surface area contributed by atoms with Crippen LogP contribution in [-0.4, -0.2) is 15.5 Å². The molecule has 0 bridgehead atoms. The van der Waals surface area contributed by atoms with Crippen LogP contribution in [0.3, 0.4) is 0 Å². The van der Waals surface area contributed by atoms with E-state index in [1.54, 1.807) is 0 Å². The van der Waals surface area contributed by atoms with Crippen molar-refractivity contribution in [3.8, 4) is 0 Å². The summed E-state index contributed by atoms with van der Waals surface area (Å²) < 4.78 is -0.496. The SMILES string of the molecule is OCCC1C=CC=CC1(Cl)Br. The van der Waals surface area contributed by atoms with E-state index in [0.29, 0.717) is 6.42 Å². The zero-order valence-electron chi connectivity index (χ0n) is 6.00. The van der Waals surface area contributed by atoms with E-state index in [1.807, 2.05) is 24.3 Å². The quantitative estimate of drug-likeness (QED) is 0.732. The van der Waals surface area contributed by atoms with E-state index in [1.165, 1.54) is 0 Å². The van der Waals surface area contributed by atoms with Gasteiger partial charge < -0.3 is 5.11 Å². The molecule has 62 valence electrons. The van der Waals surface area contributed by atoms with Gasteiger partial charge in [0.15, 0.2) is 0 Å². The Bertz CT molecular complexity index is 187. The van der Waals surface area contributed by atoms with Crippen LogP contribution < -0.4 is 0 Å². The number of halogens is 2. The van der Waals surface area contributed by atoms with Gasteiger partial charge in [-0.15, -0.1) is 11.6 Å². The zero-order chi connectivity index (χ0) is 8.32. The van der Waals surface area contributed by atoms with Gasteiger partial charge in [0.1, 0.15) is 3.78 Å². The van der Waals surface area contributed by atoms with Gasteiger partial charge in [-0.3, -0.25) is 0 Å². The number of allylic oxidation sites excluding steroid dienone is 4. The minimum absolute atomic E-state index is 0.170. The first-order chi connectivity index (χ1) is 5.17.